The molecule has 0 fully saturated rings. The molecule has 3 aromatic heterocycles. The molecule has 0 radical (unpaired) electrons. The summed E-state index contributed by atoms with van der Waals surface area (Å²) in [5.41, 5.74) is 2.19. The van der Waals surface area contributed by atoms with E-state index in [1.165, 1.54) is 33.3 Å². The molecule has 0 amide bonds. The quantitative estimate of drug-likeness (QED) is 0.303. The molecule has 0 bridgehead atoms. The normalized spacial score (nSPS) is 12.9. The highest BCUT2D eigenvalue weighted by Gasteiger charge is 2.20. The number of ether oxygens (including phenoxy) is 1. The van der Waals surface area contributed by atoms with E-state index in [0.29, 0.717) is 22.2 Å². The van der Waals surface area contributed by atoms with E-state index in [2.05, 4.69) is 53.1 Å². The van der Waals surface area contributed by atoms with Gasteiger partial charge < -0.3 is 15.6 Å². The first-order valence-corrected chi connectivity index (χ1v) is 12.3. The van der Waals surface area contributed by atoms with Crippen molar-refractivity contribution in [2.45, 2.75) is 64.0 Å². The zero-order valence-corrected chi connectivity index (χ0v) is 21.2. The van der Waals surface area contributed by atoms with Gasteiger partial charge in [0.25, 0.3) is 5.56 Å². The maximum absolute atomic E-state index is 12.6. The lowest BCUT2D eigenvalue weighted by atomic mass is 9.87. The van der Waals surface area contributed by atoms with Crippen LogP contribution >= 0.6 is 23.1 Å². The Bertz CT molecular complexity index is 1350. The van der Waals surface area contributed by atoms with Crippen molar-refractivity contribution in [2.75, 3.05) is 5.84 Å². The Balaban J connectivity index is 1.45. The second-order valence-electron chi connectivity index (χ2n) is 9.01. The van der Waals surface area contributed by atoms with Crippen LogP contribution in [0.1, 0.15) is 60.6 Å². The number of hydrogen-bond donors (Lipinski definition) is 2. The highest BCUT2D eigenvalue weighted by atomic mass is 32.2. The maximum atomic E-state index is 12.6. The molecule has 33 heavy (non-hydrogen) atoms. The van der Waals surface area contributed by atoms with Crippen LogP contribution < -0.4 is 16.1 Å². The van der Waals surface area contributed by atoms with Crippen molar-refractivity contribution in [1.29, 1.82) is 0 Å². The molecule has 8 nitrogen and oxygen atoms in total. The number of aromatic nitrogens is 5. The van der Waals surface area contributed by atoms with Crippen molar-refractivity contribution in [3.63, 3.8) is 0 Å². The second-order valence-corrected chi connectivity index (χ2v) is 11.5. The van der Waals surface area contributed by atoms with Crippen LogP contribution in [0.2, 0.25) is 0 Å². The molecule has 0 spiro atoms. The molecular formula is C23H28N6O2S2. The summed E-state index contributed by atoms with van der Waals surface area (Å²) in [5, 5.41) is 9.38. The number of nitrogen functional groups attached to an aromatic ring is 1. The first-order chi connectivity index (χ1) is 15.5. The standard InChI is InChI=1S/C23H28N6O2S2/c1-12-13(2)32-21-18(12)20(30)25-19(26-21)14(3)33-22-28-27-17(29(22)24)11-31-16-9-7-15(8-10-16)23(4,5)6/h7-10,14H,11,24H2,1-6H3,(H,25,26,30). The number of rotatable bonds is 6. The Morgan fingerprint density at radius 1 is 1.21 bits per heavy atom. The minimum atomic E-state index is -0.171. The predicted molar refractivity (Wildman–Crippen MR) is 134 cm³/mol. The number of nitrogens with zero attached hydrogens (tertiary/aromatic N) is 4. The number of aryl methyl sites for hydroxylation is 2. The van der Waals surface area contributed by atoms with E-state index in [1.807, 2.05) is 32.9 Å². The average molecular weight is 485 g/mol. The van der Waals surface area contributed by atoms with Crippen molar-refractivity contribution in [2.24, 2.45) is 0 Å². The van der Waals surface area contributed by atoms with E-state index in [0.717, 1.165) is 21.0 Å². The molecule has 174 valence electrons. The van der Waals surface area contributed by atoms with Crippen LogP contribution in [0.3, 0.4) is 0 Å². The van der Waals surface area contributed by atoms with E-state index < -0.39 is 0 Å². The van der Waals surface area contributed by atoms with Crippen molar-refractivity contribution < 1.29 is 4.74 Å². The molecule has 4 rings (SSSR count). The third kappa shape index (κ3) is 4.77. The molecule has 1 aromatic carbocycles. The lowest BCUT2D eigenvalue weighted by molar-refractivity contribution is 0.291. The van der Waals surface area contributed by atoms with Gasteiger partial charge in [0.15, 0.2) is 5.82 Å². The Hall–Kier alpha value is -2.85. The molecule has 3 N–H and O–H groups in total. The SMILES string of the molecule is Cc1sc2nc(C(C)Sc3nnc(COc4ccc(C(C)(C)C)cc4)n3N)[nH]c(=O)c2c1C. The topological polar surface area (TPSA) is 112 Å². The Morgan fingerprint density at radius 2 is 1.91 bits per heavy atom. The van der Waals surface area contributed by atoms with Gasteiger partial charge in [0.2, 0.25) is 5.16 Å². The molecule has 0 saturated carbocycles. The molecule has 10 heteroatoms. The molecule has 1 atom stereocenters. The lowest BCUT2D eigenvalue weighted by Crippen LogP contribution is -2.17. The zero-order chi connectivity index (χ0) is 23.9. The van der Waals surface area contributed by atoms with Gasteiger partial charge in [-0.2, -0.15) is 0 Å². The van der Waals surface area contributed by atoms with E-state index in [9.17, 15) is 4.79 Å². The molecule has 0 aliphatic rings. The summed E-state index contributed by atoms with van der Waals surface area (Å²) in [4.78, 5) is 22.0. The highest BCUT2D eigenvalue weighted by molar-refractivity contribution is 7.99. The number of thiophene rings is 1. The van der Waals surface area contributed by atoms with E-state index >= 15 is 0 Å². The fourth-order valence-electron chi connectivity index (χ4n) is 3.36. The molecule has 1 unspecified atom stereocenters. The van der Waals surface area contributed by atoms with Crippen LogP contribution in [-0.2, 0) is 12.0 Å². The van der Waals surface area contributed by atoms with Crippen LogP contribution in [-0.4, -0.2) is 24.8 Å². The number of benzene rings is 1. The van der Waals surface area contributed by atoms with Gasteiger partial charge in [0.05, 0.1) is 10.6 Å². The van der Waals surface area contributed by atoms with Gasteiger partial charge in [0.1, 0.15) is 23.0 Å². The number of nitrogens with two attached hydrogens (primary N) is 1. The third-order valence-electron chi connectivity index (χ3n) is 5.55. The summed E-state index contributed by atoms with van der Waals surface area (Å²) in [7, 11) is 0. The number of aromatic amines is 1. The van der Waals surface area contributed by atoms with Crippen LogP contribution in [0.4, 0.5) is 0 Å². The first kappa shape index (κ1) is 23.3. The van der Waals surface area contributed by atoms with Gasteiger partial charge in [-0.1, -0.05) is 44.7 Å². The summed E-state index contributed by atoms with van der Waals surface area (Å²) in [5.74, 6) is 8.05. The van der Waals surface area contributed by atoms with E-state index in [4.69, 9.17) is 10.6 Å². The third-order valence-corrected chi connectivity index (χ3v) is 7.72. The summed E-state index contributed by atoms with van der Waals surface area (Å²) in [6.45, 7) is 12.6. The number of thioether (sulfide) groups is 1. The van der Waals surface area contributed by atoms with E-state index in [-0.39, 0.29) is 22.8 Å². The van der Waals surface area contributed by atoms with Gasteiger partial charge in [-0.15, -0.1) is 21.5 Å². The number of fused-ring (bicyclic) bond motifs is 1. The highest BCUT2D eigenvalue weighted by Crippen LogP contribution is 2.33. The number of nitrogens with one attached hydrogen (secondary N) is 1. The average Bonchev–Trinajstić information content (AvgIpc) is 3.25. The van der Waals surface area contributed by atoms with Crippen molar-refractivity contribution in [3.8, 4) is 5.75 Å². The zero-order valence-electron chi connectivity index (χ0n) is 19.6. The molecule has 0 saturated heterocycles. The Morgan fingerprint density at radius 3 is 2.58 bits per heavy atom. The Labute approximate surface area is 200 Å². The maximum Gasteiger partial charge on any atom is 0.259 e. The largest absolute Gasteiger partial charge is 0.486 e. The summed E-state index contributed by atoms with van der Waals surface area (Å²) < 4.78 is 7.27. The van der Waals surface area contributed by atoms with E-state index in [1.54, 1.807) is 0 Å². The van der Waals surface area contributed by atoms with Crippen molar-refractivity contribution >= 4 is 33.3 Å². The molecule has 4 aromatic rings. The smallest absolute Gasteiger partial charge is 0.259 e. The Kier molecular flexibility index (Phi) is 6.24. The van der Waals surface area contributed by atoms with Crippen molar-refractivity contribution in [3.05, 3.63) is 62.3 Å². The number of H-pyrrole nitrogens is 1. The second kappa shape index (κ2) is 8.83. The molecule has 0 aliphatic carbocycles. The van der Waals surface area contributed by atoms with Crippen LogP contribution in [0.5, 0.6) is 5.75 Å². The van der Waals surface area contributed by atoms with Crippen molar-refractivity contribution in [1.82, 2.24) is 24.8 Å². The van der Waals surface area contributed by atoms with Gasteiger partial charge >= 0.3 is 0 Å². The molecular weight excluding hydrogens is 456 g/mol. The van der Waals surface area contributed by atoms with Gasteiger partial charge in [-0.25, -0.2) is 9.66 Å². The minimum absolute atomic E-state index is 0.0869. The predicted octanol–water partition coefficient (Wildman–Crippen LogP) is 4.64. The van der Waals surface area contributed by atoms with Crippen LogP contribution in [0, 0.1) is 13.8 Å². The number of hydrogen-bond acceptors (Lipinski definition) is 8. The van der Waals surface area contributed by atoms with Gasteiger partial charge in [-0.3, -0.25) is 4.79 Å². The molecule has 0 aliphatic heterocycles. The fraction of sp³-hybridized carbons (Fsp3) is 0.391. The fourth-order valence-corrected chi connectivity index (χ4v) is 5.25. The summed E-state index contributed by atoms with van der Waals surface area (Å²) in [6, 6.07) is 8.02. The lowest BCUT2D eigenvalue weighted by Gasteiger charge is -2.19. The minimum Gasteiger partial charge on any atom is -0.486 e. The molecule has 3 heterocycles. The van der Waals surface area contributed by atoms with Crippen LogP contribution in [0.25, 0.3) is 10.2 Å². The first-order valence-electron chi connectivity index (χ1n) is 10.6. The summed E-state index contributed by atoms with van der Waals surface area (Å²) >= 11 is 2.91. The summed E-state index contributed by atoms with van der Waals surface area (Å²) in [6.07, 6.45) is 0. The van der Waals surface area contributed by atoms with Gasteiger partial charge in [-0.05, 0) is 49.4 Å². The van der Waals surface area contributed by atoms with Gasteiger partial charge in [0, 0.05) is 4.88 Å². The van der Waals surface area contributed by atoms with Crippen LogP contribution in [0.15, 0.2) is 34.2 Å². The monoisotopic (exact) mass is 484 g/mol.